The molecule has 0 aromatic carbocycles. The molecule has 2 saturated carbocycles. The van der Waals surface area contributed by atoms with Crippen LogP contribution in [-0.4, -0.2) is 0 Å². The van der Waals surface area contributed by atoms with E-state index in [0.29, 0.717) is 0 Å². The van der Waals surface area contributed by atoms with Gasteiger partial charge in [-0.25, -0.2) is 0 Å². The first kappa shape index (κ1) is 5.40. The van der Waals surface area contributed by atoms with Gasteiger partial charge in [0.1, 0.15) is 0 Å². The van der Waals surface area contributed by atoms with Gasteiger partial charge in [-0.3, -0.25) is 0 Å². The van der Waals surface area contributed by atoms with Gasteiger partial charge in [0.2, 0.25) is 0 Å². The Labute approximate surface area is 62.3 Å². The van der Waals surface area contributed by atoms with Crippen LogP contribution in [-0.2, 0) is 0 Å². The molecule has 4 aliphatic carbocycles. The lowest BCUT2D eigenvalue weighted by Crippen LogP contribution is -2.27. The van der Waals surface area contributed by atoms with E-state index < -0.39 is 0 Å². The monoisotopic (exact) mass is 134 g/mol. The molecule has 4 bridgehead atoms. The molecule has 2 unspecified atom stereocenters. The van der Waals surface area contributed by atoms with Crippen molar-refractivity contribution in [2.75, 3.05) is 0 Å². The first-order valence-electron chi connectivity index (χ1n) is 4.62. The highest BCUT2D eigenvalue weighted by molar-refractivity contribution is 5.11. The average Bonchev–Trinajstić information content (AvgIpc) is 2.29. The van der Waals surface area contributed by atoms with Crippen LogP contribution in [0.1, 0.15) is 25.7 Å². The molecule has 0 radical (unpaired) electrons. The maximum Gasteiger partial charge on any atom is -0.0176 e. The quantitative estimate of drug-likeness (QED) is 0.447. The van der Waals surface area contributed by atoms with Crippen LogP contribution < -0.4 is 0 Å². The summed E-state index contributed by atoms with van der Waals surface area (Å²) in [4.78, 5) is 0. The summed E-state index contributed by atoms with van der Waals surface area (Å²) in [6.07, 6.45) is 11.1. The summed E-state index contributed by atoms with van der Waals surface area (Å²) in [7, 11) is 0. The molecule has 0 aromatic rings. The highest BCUT2D eigenvalue weighted by atomic mass is 14.5. The maximum absolute atomic E-state index is 2.51. The van der Waals surface area contributed by atoms with Gasteiger partial charge < -0.3 is 0 Å². The van der Waals surface area contributed by atoms with Crippen molar-refractivity contribution in [3.05, 3.63) is 12.2 Å². The van der Waals surface area contributed by atoms with Crippen LogP contribution in [0.4, 0.5) is 0 Å². The van der Waals surface area contributed by atoms with Gasteiger partial charge in [0, 0.05) is 0 Å². The molecule has 0 aliphatic heterocycles. The molecule has 54 valence electrons. The molecule has 4 rings (SSSR count). The van der Waals surface area contributed by atoms with Gasteiger partial charge >= 0.3 is 0 Å². The minimum atomic E-state index is 0.988. The minimum absolute atomic E-state index is 0.988. The fraction of sp³-hybridized carbons (Fsp3) is 0.800. The first-order chi connectivity index (χ1) is 4.93. The molecule has 0 N–H and O–H groups in total. The summed E-state index contributed by atoms with van der Waals surface area (Å²) in [6, 6.07) is 0. The van der Waals surface area contributed by atoms with Crippen molar-refractivity contribution >= 4 is 0 Å². The van der Waals surface area contributed by atoms with Crippen molar-refractivity contribution < 1.29 is 0 Å². The van der Waals surface area contributed by atoms with Gasteiger partial charge in [-0.15, -0.1) is 0 Å². The zero-order valence-electron chi connectivity index (χ0n) is 6.29. The van der Waals surface area contributed by atoms with Crippen molar-refractivity contribution in [2.24, 2.45) is 23.7 Å². The standard InChI is InChI=1S/C10H14/c1-4-10-8-2-3-9(10)6-7(1)5-8/h1,4,7-10H,2-3,5-6H2. The Morgan fingerprint density at radius 3 is 2.10 bits per heavy atom. The predicted molar refractivity (Wildman–Crippen MR) is 41.6 cm³/mol. The van der Waals surface area contributed by atoms with Crippen LogP contribution in [0.5, 0.6) is 0 Å². The van der Waals surface area contributed by atoms with Gasteiger partial charge in [-0.2, -0.15) is 0 Å². The van der Waals surface area contributed by atoms with Gasteiger partial charge in [0.05, 0.1) is 0 Å². The second kappa shape index (κ2) is 1.66. The molecular weight excluding hydrogens is 120 g/mol. The lowest BCUT2D eigenvalue weighted by Gasteiger charge is -2.37. The van der Waals surface area contributed by atoms with E-state index in [0.717, 1.165) is 23.7 Å². The molecule has 2 atom stereocenters. The highest BCUT2D eigenvalue weighted by Crippen LogP contribution is 2.53. The summed E-state index contributed by atoms with van der Waals surface area (Å²) in [5.41, 5.74) is 0. The normalized spacial score (nSPS) is 56.0. The smallest absolute Gasteiger partial charge is 0.0176 e. The summed E-state index contributed by atoms with van der Waals surface area (Å²) in [6.45, 7) is 0. The van der Waals surface area contributed by atoms with Crippen molar-refractivity contribution in [3.63, 3.8) is 0 Å². The van der Waals surface area contributed by atoms with E-state index in [1.54, 1.807) is 0 Å². The highest BCUT2D eigenvalue weighted by Gasteiger charge is 2.42. The van der Waals surface area contributed by atoms with Crippen LogP contribution in [0.3, 0.4) is 0 Å². The first-order valence-corrected chi connectivity index (χ1v) is 4.62. The van der Waals surface area contributed by atoms with Crippen molar-refractivity contribution in [1.29, 1.82) is 0 Å². The molecule has 2 fully saturated rings. The Hall–Kier alpha value is -0.260. The molecular formula is C10H14. The van der Waals surface area contributed by atoms with Crippen molar-refractivity contribution in [3.8, 4) is 0 Å². The van der Waals surface area contributed by atoms with Crippen LogP contribution in [0.25, 0.3) is 0 Å². The number of rotatable bonds is 0. The summed E-state index contributed by atoms with van der Waals surface area (Å²) < 4.78 is 0. The lowest BCUT2D eigenvalue weighted by atomic mass is 9.68. The third-order valence-corrected chi connectivity index (χ3v) is 3.81. The molecule has 0 spiro atoms. The predicted octanol–water partition coefficient (Wildman–Crippen LogP) is 2.61. The Balaban J connectivity index is 2.05. The van der Waals surface area contributed by atoms with Crippen molar-refractivity contribution in [1.82, 2.24) is 0 Å². The topological polar surface area (TPSA) is 0 Å². The number of hydrogen-bond donors (Lipinski definition) is 0. The molecule has 0 amide bonds. The average molecular weight is 134 g/mol. The largest absolute Gasteiger partial charge is 0.0851 e. The zero-order chi connectivity index (χ0) is 6.55. The Morgan fingerprint density at radius 1 is 0.900 bits per heavy atom. The molecule has 0 heterocycles. The van der Waals surface area contributed by atoms with Crippen LogP contribution >= 0.6 is 0 Å². The van der Waals surface area contributed by atoms with Gasteiger partial charge in [0.25, 0.3) is 0 Å². The fourth-order valence-corrected chi connectivity index (χ4v) is 3.38. The van der Waals surface area contributed by atoms with Crippen LogP contribution in [0, 0.1) is 23.7 Å². The van der Waals surface area contributed by atoms with Gasteiger partial charge in [-0.1, -0.05) is 12.2 Å². The van der Waals surface area contributed by atoms with Crippen LogP contribution in [0.2, 0.25) is 0 Å². The Morgan fingerprint density at radius 2 is 1.60 bits per heavy atom. The van der Waals surface area contributed by atoms with E-state index in [1.807, 2.05) is 0 Å². The summed E-state index contributed by atoms with van der Waals surface area (Å²) >= 11 is 0. The second-order valence-electron chi connectivity index (χ2n) is 4.29. The van der Waals surface area contributed by atoms with E-state index in [2.05, 4.69) is 12.2 Å². The SMILES string of the molecule is C1=CC2C3CCC2CC1C3. The third-order valence-electron chi connectivity index (χ3n) is 3.81. The summed E-state index contributed by atoms with van der Waals surface area (Å²) in [5, 5.41) is 0. The Bertz CT molecular complexity index is 166. The lowest BCUT2D eigenvalue weighted by molar-refractivity contribution is 0.212. The number of hydrogen-bond acceptors (Lipinski definition) is 0. The van der Waals surface area contributed by atoms with E-state index in [4.69, 9.17) is 0 Å². The van der Waals surface area contributed by atoms with E-state index in [9.17, 15) is 0 Å². The molecule has 10 heavy (non-hydrogen) atoms. The van der Waals surface area contributed by atoms with E-state index in [-0.39, 0.29) is 0 Å². The second-order valence-corrected chi connectivity index (χ2v) is 4.29. The molecule has 0 aromatic heterocycles. The minimum Gasteiger partial charge on any atom is -0.0851 e. The number of allylic oxidation sites excluding steroid dienone is 2. The fourth-order valence-electron chi connectivity index (χ4n) is 3.38. The van der Waals surface area contributed by atoms with Crippen molar-refractivity contribution in [2.45, 2.75) is 25.7 Å². The molecule has 4 aliphatic rings. The molecule has 0 nitrogen and oxygen atoms in total. The van der Waals surface area contributed by atoms with Gasteiger partial charge in [0.15, 0.2) is 0 Å². The maximum atomic E-state index is 2.51. The van der Waals surface area contributed by atoms with E-state index >= 15 is 0 Å². The third kappa shape index (κ3) is 0.531. The Kier molecular flexibility index (Phi) is 0.898. The van der Waals surface area contributed by atoms with Gasteiger partial charge in [-0.05, 0) is 49.4 Å². The van der Waals surface area contributed by atoms with E-state index in [1.165, 1.54) is 25.7 Å². The zero-order valence-corrected chi connectivity index (χ0v) is 6.29. The molecule has 0 saturated heterocycles. The molecule has 0 heteroatoms. The summed E-state index contributed by atoms with van der Waals surface area (Å²) in [5.74, 6) is 4.22. The van der Waals surface area contributed by atoms with Crippen LogP contribution in [0.15, 0.2) is 12.2 Å².